The molecule has 0 amide bonds. The molecule has 1 aliphatic carbocycles. The maximum absolute atomic E-state index is 12.6. The van der Waals surface area contributed by atoms with Crippen LogP contribution in [-0.4, -0.2) is 25.5 Å². The predicted molar refractivity (Wildman–Crippen MR) is 78.7 cm³/mol. The number of sulfonamides is 1. The first-order valence-corrected chi connectivity index (χ1v) is 8.53. The highest BCUT2D eigenvalue weighted by atomic mass is 32.2. The summed E-state index contributed by atoms with van der Waals surface area (Å²) >= 11 is 0. The van der Waals surface area contributed by atoms with Crippen molar-refractivity contribution in [1.29, 1.82) is 5.26 Å². The van der Waals surface area contributed by atoms with Crippen molar-refractivity contribution in [2.24, 2.45) is 11.7 Å². The van der Waals surface area contributed by atoms with Crippen LogP contribution in [0.25, 0.3) is 0 Å². The van der Waals surface area contributed by atoms with E-state index in [0.29, 0.717) is 6.42 Å². The molecule has 1 aromatic heterocycles. The summed E-state index contributed by atoms with van der Waals surface area (Å²) < 4.78 is 28.0. The minimum Gasteiger partial charge on any atom is -0.329 e. The van der Waals surface area contributed by atoms with E-state index in [0.717, 1.165) is 19.3 Å². The average molecular weight is 308 g/mol. The first-order valence-electron chi connectivity index (χ1n) is 7.04. The van der Waals surface area contributed by atoms with Gasteiger partial charge in [0.2, 0.25) is 10.0 Å². The van der Waals surface area contributed by atoms with Crippen LogP contribution in [0.2, 0.25) is 0 Å². The Kier molecular flexibility index (Phi) is 4.61. The maximum atomic E-state index is 12.6. The predicted octanol–water partition coefficient (Wildman–Crippen LogP) is 1.14. The summed E-state index contributed by atoms with van der Waals surface area (Å²) in [5.41, 5.74) is 5.14. The summed E-state index contributed by atoms with van der Waals surface area (Å²) in [6, 6.07) is 4.72. The van der Waals surface area contributed by atoms with Crippen LogP contribution in [0.4, 0.5) is 0 Å². The van der Waals surface area contributed by atoms with Gasteiger partial charge < -0.3 is 5.73 Å². The number of nitriles is 1. The van der Waals surface area contributed by atoms with E-state index in [4.69, 9.17) is 11.0 Å². The summed E-state index contributed by atoms with van der Waals surface area (Å²) in [6.45, 7) is 2.26. The molecule has 3 N–H and O–H groups in total. The van der Waals surface area contributed by atoms with Crippen molar-refractivity contribution in [2.75, 3.05) is 6.54 Å². The van der Waals surface area contributed by atoms with Gasteiger partial charge in [-0.05, 0) is 30.9 Å². The largest absolute Gasteiger partial charge is 0.329 e. The number of nitrogens with one attached hydrogen (secondary N) is 1. The standard InChI is InChI=1S/C14H20N4O2S/c1-11-5-2-3-7-14(11,10-16)18-21(19,20)13-6-4-8-17-12(13)9-15/h4,6,8,11,18H,2-3,5,7,10,16H2,1H3. The highest BCUT2D eigenvalue weighted by Gasteiger charge is 2.41. The lowest BCUT2D eigenvalue weighted by Gasteiger charge is -2.42. The lowest BCUT2D eigenvalue weighted by Crippen LogP contribution is -2.59. The minimum atomic E-state index is -3.82. The van der Waals surface area contributed by atoms with Crippen LogP contribution in [0.5, 0.6) is 0 Å². The number of nitrogens with zero attached hydrogens (tertiary/aromatic N) is 2. The van der Waals surface area contributed by atoms with Crippen LogP contribution in [0.1, 0.15) is 38.3 Å². The Morgan fingerprint density at radius 2 is 2.33 bits per heavy atom. The van der Waals surface area contributed by atoms with Gasteiger partial charge in [0.15, 0.2) is 5.69 Å². The van der Waals surface area contributed by atoms with E-state index in [9.17, 15) is 8.42 Å². The Morgan fingerprint density at radius 1 is 1.57 bits per heavy atom. The minimum absolute atomic E-state index is 0.0851. The molecule has 2 rings (SSSR count). The molecular weight excluding hydrogens is 288 g/mol. The quantitative estimate of drug-likeness (QED) is 0.867. The van der Waals surface area contributed by atoms with Crippen LogP contribution in [0.15, 0.2) is 23.2 Å². The monoisotopic (exact) mass is 308 g/mol. The molecule has 1 aromatic rings. The smallest absolute Gasteiger partial charge is 0.244 e. The number of hydrogen-bond donors (Lipinski definition) is 2. The van der Waals surface area contributed by atoms with Gasteiger partial charge in [0.25, 0.3) is 0 Å². The van der Waals surface area contributed by atoms with E-state index >= 15 is 0 Å². The molecule has 1 saturated carbocycles. The SMILES string of the molecule is CC1CCCCC1(CN)NS(=O)(=O)c1cccnc1C#N. The summed E-state index contributed by atoms with van der Waals surface area (Å²) in [4.78, 5) is 3.73. The van der Waals surface area contributed by atoms with E-state index in [1.165, 1.54) is 18.3 Å². The fourth-order valence-corrected chi connectivity index (χ4v) is 4.57. The van der Waals surface area contributed by atoms with Crippen LogP contribution < -0.4 is 10.5 Å². The van der Waals surface area contributed by atoms with Crippen molar-refractivity contribution < 1.29 is 8.42 Å². The average Bonchev–Trinajstić information content (AvgIpc) is 2.49. The fraction of sp³-hybridized carbons (Fsp3) is 0.571. The summed E-state index contributed by atoms with van der Waals surface area (Å²) in [7, 11) is -3.82. The molecule has 0 radical (unpaired) electrons. The van der Waals surface area contributed by atoms with E-state index in [1.807, 2.05) is 13.0 Å². The van der Waals surface area contributed by atoms with Crippen LogP contribution >= 0.6 is 0 Å². The Labute approximate surface area is 125 Å². The molecule has 21 heavy (non-hydrogen) atoms. The zero-order chi connectivity index (χ0) is 15.5. The van der Waals surface area contributed by atoms with Gasteiger partial charge in [0.1, 0.15) is 11.0 Å². The third kappa shape index (κ3) is 3.07. The molecule has 0 spiro atoms. The van der Waals surface area contributed by atoms with E-state index in [-0.39, 0.29) is 23.1 Å². The molecule has 7 heteroatoms. The van der Waals surface area contributed by atoms with Gasteiger partial charge in [-0.3, -0.25) is 0 Å². The van der Waals surface area contributed by atoms with Gasteiger partial charge in [-0.1, -0.05) is 19.8 Å². The Bertz CT molecular complexity index is 653. The van der Waals surface area contributed by atoms with Crippen molar-refractivity contribution >= 4 is 10.0 Å². The normalized spacial score (nSPS) is 26.2. The van der Waals surface area contributed by atoms with E-state index in [1.54, 1.807) is 0 Å². The topological polar surface area (TPSA) is 109 Å². The van der Waals surface area contributed by atoms with Gasteiger partial charge in [-0.25, -0.2) is 18.1 Å². The van der Waals surface area contributed by atoms with Crippen molar-refractivity contribution in [1.82, 2.24) is 9.71 Å². The molecule has 0 saturated heterocycles. The van der Waals surface area contributed by atoms with Crippen molar-refractivity contribution in [3.05, 3.63) is 24.0 Å². The number of nitrogens with two attached hydrogens (primary N) is 1. The van der Waals surface area contributed by atoms with Gasteiger partial charge in [-0.2, -0.15) is 5.26 Å². The first kappa shape index (κ1) is 15.9. The molecular formula is C14H20N4O2S. The summed E-state index contributed by atoms with van der Waals surface area (Å²) in [5.74, 6) is 0.160. The van der Waals surface area contributed by atoms with Crippen molar-refractivity contribution in [3.8, 4) is 6.07 Å². The Hall–Kier alpha value is -1.49. The zero-order valence-electron chi connectivity index (χ0n) is 12.0. The van der Waals surface area contributed by atoms with Gasteiger partial charge in [-0.15, -0.1) is 0 Å². The fourth-order valence-electron chi connectivity index (χ4n) is 2.92. The third-order valence-electron chi connectivity index (χ3n) is 4.32. The van der Waals surface area contributed by atoms with Crippen LogP contribution in [0.3, 0.4) is 0 Å². The molecule has 1 heterocycles. The van der Waals surface area contributed by atoms with Crippen LogP contribution in [-0.2, 0) is 10.0 Å². The summed E-state index contributed by atoms with van der Waals surface area (Å²) in [5, 5.41) is 9.03. The molecule has 114 valence electrons. The molecule has 0 aromatic carbocycles. The first-order chi connectivity index (χ1) is 9.95. The highest BCUT2D eigenvalue weighted by molar-refractivity contribution is 7.89. The number of hydrogen-bond acceptors (Lipinski definition) is 5. The van der Waals surface area contributed by atoms with Crippen molar-refractivity contribution in [3.63, 3.8) is 0 Å². The molecule has 0 aliphatic heterocycles. The molecule has 0 bridgehead atoms. The number of pyridine rings is 1. The van der Waals surface area contributed by atoms with Gasteiger partial charge in [0.05, 0.1) is 0 Å². The number of rotatable bonds is 4. The van der Waals surface area contributed by atoms with Crippen LogP contribution in [0, 0.1) is 17.2 Å². The zero-order valence-corrected chi connectivity index (χ0v) is 12.9. The third-order valence-corrected chi connectivity index (χ3v) is 5.91. The molecule has 1 fully saturated rings. The maximum Gasteiger partial charge on any atom is 0.244 e. The Morgan fingerprint density at radius 3 is 2.95 bits per heavy atom. The lowest BCUT2D eigenvalue weighted by molar-refractivity contribution is 0.191. The second kappa shape index (κ2) is 6.10. The highest BCUT2D eigenvalue weighted by Crippen LogP contribution is 2.34. The molecule has 6 nitrogen and oxygen atoms in total. The van der Waals surface area contributed by atoms with E-state index < -0.39 is 15.6 Å². The molecule has 1 aliphatic rings. The summed E-state index contributed by atoms with van der Waals surface area (Å²) in [6.07, 6.45) is 5.09. The molecule has 2 unspecified atom stereocenters. The Balaban J connectivity index is 2.38. The van der Waals surface area contributed by atoms with Gasteiger partial charge >= 0.3 is 0 Å². The number of aromatic nitrogens is 1. The molecule has 2 atom stereocenters. The van der Waals surface area contributed by atoms with Crippen molar-refractivity contribution in [2.45, 2.75) is 43.0 Å². The van der Waals surface area contributed by atoms with Gasteiger partial charge in [0, 0.05) is 18.3 Å². The lowest BCUT2D eigenvalue weighted by atomic mass is 9.74. The second-order valence-electron chi connectivity index (χ2n) is 5.57. The second-order valence-corrected chi connectivity index (χ2v) is 7.23. The van der Waals surface area contributed by atoms with E-state index in [2.05, 4.69) is 9.71 Å².